The molecule has 0 fully saturated rings. The fourth-order valence-corrected chi connectivity index (χ4v) is 2.91. The Morgan fingerprint density at radius 2 is 1.88 bits per heavy atom. The second kappa shape index (κ2) is 9.50. The van der Waals surface area contributed by atoms with Gasteiger partial charge in [-0.1, -0.05) is 38.1 Å². The fourth-order valence-electron chi connectivity index (χ4n) is 2.91. The van der Waals surface area contributed by atoms with Crippen LogP contribution in [0.25, 0.3) is 0 Å². The van der Waals surface area contributed by atoms with Crippen molar-refractivity contribution in [2.45, 2.75) is 39.3 Å². The number of hydrogen-bond donors (Lipinski definition) is 3. The highest BCUT2D eigenvalue weighted by atomic mass is 16.3. The summed E-state index contributed by atoms with van der Waals surface area (Å²) in [6.07, 6.45) is 4.57. The van der Waals surface area contributed by atoms with E-state index in [0.29, 0.717) is 5.92 Å². The van der Waals surface area contributed by atoms with Gasteiger partial charge in [-0.15, -0.1) is 0 Å². The van der Waals surface area contributed by atoms with Crippen LogP contribution in [0.1, 0.15) is 49.5 Å². The minimum atomic E-state index is -0.305. The van der Waals surface area contributed by atoms with Crippen LogP contribution in [0.15, 0.2) is 36.7 Å². The third-order valence-electron chi connectivity index (χ3n) is 4.32. The van der Waals surface area contributed by atoms with Gasteiger partial charge in [0.15, 0.2) is 0 Å². The van der Waals surface area contributed by atoms with E-state index in [1.807, 2.05) is 20.2 Å². The van der Waals surface area contributed by atoms with E-state index in [1.165, 1.54) is 5.56 Å². The number of nitrogens with one attached hydrogen (secondary N) is 2. The van der Waals surface area contributed by atoms with Crippen molar-refractivity contribution in [2.75, 3.05) is 13.2 Å². The van der Waals surface area contributed by atoms with Crippen LogP contribution in [-0.4, -0.2) is 33.9 Å². The lowest BCUT2D eigenvalue weighted by molar-refractivity contribution is -0.121. The zero-order valence-corrected chi connectivity index (χ0v) is 16.1. The minimum absolute atomic E-state index is 0.0663. The zero-order valence-electron chi connectivity index (χ0n) is 16.1. The predicted molar refractivity (Wildman–Crippen MR) is 103 cm³/mol. The van der Waals surface area contributed by atoms with Gasteiger partial charge < -0.3 is 10.4 Å². The number of amides is 1. The first-order chi connectivity index (χ1) is 12.4. The average Bonchev–Trinajstić information content (AvgIpc) is 3.01. The quantitative estimate of drug-likeness (QED) is 0.641. The molecular formula is C20H30N4O2. The van der Waals surface area contributed by atoms with Crippen molar-refractivity contribution in [2.24, 2.45) is 13.0 Å². The van der Waals surface area contributed by atoms with Crippen molar-refractivity contribution in [1.82, 2.24) is 20.4 Å². The monoisotopic (exact) mass is 358 g/mol. The van der Waals surface area contributed by atoms with E-state index in [0.717, 1.165) is 17.5 Å². The van der Waals surface area contributed by atoms with Gasteiger partial charge in [-0.3, -0.25) is 14.8 Å². The van der Waals surface area contributed by atoms with Crippen LogP contribution in [0.5, 0.6) is 0 Å². The summed E-state index contributed by atoms with van der Waals surface area (Å²) in [4.78, 5) is 12.2. The molecule has 142 valence electrons. The van der Waals surface area contributed by atoms with Crippen molar-refractivity contribution in [3.8, 4) is 0 Å². The summed E-state index contributed by atoms with van der Waals surface area (Å²) in [6.45, 7) is 6.42. The van der Waals surface area contributed by atoms with Crippen LogP contribution in [0, 0.1) is 5.92 Å². The first kappa shape index (κ1) is 20.1. The standard InChI is InChI=1S/C20H30N4O2/c1-14(2)9-16-5-7-17(8-6-16)15(3)23-20(26)11-21-19(13-25)18-10-22-24(4)12-18/h5-8,10,12,14-15,19,21,25H,9,11,13H2,1-4H3,(H,23,26)/t15-,19-/m0/s1. The minimum Gasteiger partial charge on any atom is -0.394 e. The highest BCUT2D eigenvalue weighted by molar-refractivity contribution is 5.78. The van der Waals surface area contributed by atoms with Crippen molar-refractivity contribution in [1.29, 1.82) is 0 Å². The molecule has 0 aliphatic heterocycles. The Morgan fingerprint density at radius 1 is 1.19 bits per heavy atom. The van der Waals surface area contributed by atoms with Crippen LogP contribution in [0.3, 0.4) is 0 Å². The number of carbonyl (C=O) groups excluding carboxylic acids is 1. The van der Waals surface area contributed by atoms with E-state index in [9.17, 15) is 9.90 Å². The molecule has 0 aliphatic rings. The molecule has 0 radical (unpaired) electrons. The number of benzene rings is 1. The van der Waals surface area contributed by atoms with Crippen molar-refractivity contribution in [3.63, 3.8) is 0 Å². The second-order valence-corrected chi connectivity index (χ2v) is 7.19. The largest absolute Gasteiger partial charge is 0.394 e. The summed E-state index contributed by atoms with van der Waals surface area (Å²) < 4.78 is 1.67. The van der Waals surface area contributed by atoms with Gasteiger partial charge in [-0.2, -0.15) is 5.10 Å². The Hall–Kier alpha value is -2.18. The molecule has 0 spiro atoms. The van der Waals surface area contributed by atoms with Crippen molar-refractivity contribution < 1.29 is 9.90 Å². The van der Waals surface area contributed by atoms with Gasteiger partial charge in [-0.05, 0) is 30.4 Å². The molecule has 6 heteroatoms. The Bertz CT molecular complexity index is 694. The number of aryl methyl sites for hydroxylation is 1. The number of rotatable bonds is 9. The van der Waals surface area contributed by atoms with Gasteiger partial charge in [-0.25, -0.2) is 0 Å². The summed E-state index contributed by atoms with van der Waals surface area (Å²) in [5.41, 5.74) is 3.25. The lowest BCUT2D eigenvalue weighted by Crippen LogP contribution is -2.37. The van der Waals surface area contributed by atoms with Gasteiger partial charge in [0.05, 0.1) is 31.4 Å². The molecule has 26 heavy (non-hydrogen) atoms. The Labute approximate surface area is 155 Å². The number of aliphatic hydroxyl groups excluding tert-OH is 1. The molecule has 1 aromatic heterocycles. The SMILES string of the molecule is CC(C)Cc1ccc([C@H](C)NC(=O)CN[C@@H](CO)c2cnn(C)c2)cc1. The number of nitrogens with zero attached hydrogens (tertiary/aromatic N) is 2. The molecule has 0 aliphatic carbocycles. The second-order valence-electron chi connectivity index (χ2n) is 7.19. The van der Waals surface area contributed by atoms with E-state index < -0.39 is 0 Å². The summed E-state index contributed by atoms with van der Waals surface area (Å²) in [6, 6.07) is 8.02. The number of carbonyl (C=O) groups is 1. The molecule has 1 aromatic carbocycles. The first-order valence-corrected chi connectivity index (χ1v) is 9.10. The number of hydrogen-bond acceptors (Lipinski definition) is 4. The highest BCUT2D eigenvalue weighted by Crippen LogP contribution is 2.15. The molecule has 0 saturated heterocycles. The molecule has 2 atom stereocenters. The third kappa shape index (κ3) is 5.97. The lowest BCUT2D eigenvalue weighted by Gasteiger charge is -2.18. The first-order valence-electron chi connectivity index (χ1n) is 9.10. The zero-order chi connectivity index (χ0) is 19.1. The smallest absolute Gasteiger partial charge is 0.234 e. The summed E-state index contributed by atoms with van der Waals surface area (Å²) in [5.74, 6) is 0.523. The maximum Gasteiger partial charge on any atom is 0.234 e. The van der Waals surface area contributed by atoms with E-state index in [2.05, 4.69) is 53.8 Å². The van der Waals surface area contributed by atoms with Crippen LogP contribution < -0.4 is 10.6 Å². The average molecular weight is 358 g/mol. The Kier molecular flexibility index (Phi) is 7.36. The molecule has 0 saturated carbocycles. The summed E-state index contributed by atoms with van der Waals surface area (Å²) in [7, 11) is 1.82. The molecule has 3 N–H and O–H groups in total. The van der Waals surface area contributed by atoms with Gasteiger partial charge in [0, 0.05) is 18.8 Å². The number of aromatic nitrogens is 2. The van der Waals surface area contributed by atoms with E-state index in [1.54, 1.807) is 10.9 Å². The van der Waals surface area contributed by atoms with Crippen molar-refractivity contribution in [3.05, 3.63) is 53.3 Å². The molecule has 1 amide bonds. The van der Waals surface area contributed by atoms with E-state index in [-0.39, 0.29) is 31.1 Å². The lowest BCUT2D eigenvalue weighted by atomic mass is 10.00. The van der Waals surface area contributed by atoms with Gasteiger partial charge in [0.1, 0.15) is 0 Å². The van der Waals surface area contributed by atoms with Crippen molar-refractivity contribution >= 4 is 5.91 Å². The topological polar surface area (TPSA) is 79.2 Å². The van der Waals surface area contributed by atoms with Crippen LogP contribution in [0.4, 0.5) is 0 Å². The van der Waals surface area contributed by atoms with Crippen LogP contribution >= 0.6 is 0 Å². The molecule has 6 nitrogen and oxygen atoms in total. The molecular weight excluding hydrogens is 328 g/mol. The molecule has 1 heterocycles. The number of aliphatic hydroxyl groups is 1. The van der Waals surface area contributed by atoms with Gasteiger partial charge in [0.25, 0.3) is 0 Å². The summed E-state index contributed by atoms with van der Waals surface area (Å²) in [5, 5.41) is 19.7. The normalized spacial score (nSPS) is 13.6. The Morgan fingerprint density at radius 3 is 2.42 bits per heavy atom. The maximum absolute atomic E-state index is 12.2. The van der Waals surface area contributed by atoms with E-state index in [4.69, 9.17) is 0 Å². The van der Waals surface area contributed by atoms with E-state index >= 15 is 0 Å². The summed E-state index contributed by atoms with van der Waals surface area (Å²) >= 11 is 0. The molecule has 0 bridgehead atoms. The fraction of sp³-hybridized carbons (Fsp3) is 0.500. The van der Waals surface area contributed by atoms with Crippen LogP contribution in [0.2, 0.25) is 0 Å². The predicted octanol–water partition coefficient (Wildman–Crippen LogP) is 2.12. The third-order valence-corrected chi connectivity index (χ3v) is 4.32. The van der Waals surface area contributed by atoms with Gasteiger partial charge >= 0.3 is 0 Å². The maximum atomic E-state index is 12.2. The molecule has 2 rings (SSSR count). The van der Waals surface area contributed by atoms with Gasteiger partial charge in [0.2, 0.25) is 5.91 Å². The Balaban J connectivity index is 1.84. The highest BCUT2D eigenvalue weighted by Gasteiger charge is 2.15. The molecule has 0 unspecified atom stereocenters. The molecule has 2 aromatic rings. The van der Waals surface area contributed by atoms with Crippen LogP contribution in [-0.2, 0) is 18.3 Å².